The maximum atomic E-state index is 12.2. The summed E-state index contributed by atoms with van der Waals surface area (Å²) in [6.07, 6.45) is 0. The SMILES string of the molecule is CC(=O)OCCS(=O)(=O)c1ccc2c(S(=O)(=O)O)c(N)ccc2c1. The fraction of sp³-hybridized carbons (Fsp3) is 0.214. The largest absolute Gasteiger partial charge is 0.465 e. The molecule has 0 aliphatic rings. The van der Waals surface area contributed by atoms with E-state index in [0.717, 1.165) is 0 Å². The molecular formula is C14H15NO7S2. The van der Waals surface area contributed by atoms with Gasteiger partial charge in [-0.25, -0.2) is 8.42 Å². The summed E-state index contributed by atoms with van der Waals surface area (Å²) in [5.74, 6) is -0.991. The molecule has 0 atom stereocenters. The van der Waals surface area contributed by atoms with Gasteiger partial charge in [0, 0.05) is 12.3 Å². The topological polar surface area (TPSA) is 141 Å². The summed E-state index contributed by atoms with van der Waals surface area (Å²) >= 11 is 0. The molecule has 0 aliphatic carbocycles. The standard InChI is InChI=1S/C14H15NO7S2/c1-9(16)22-6-7-23(17,18)11-3-4-12-10(8-11)2-5-13(15)14(12)24(19,20)21/h2-5,8H,6-7,15H2,1H3,(H,19,20,21). The van der Waals surface area contributed by atoms with Gasteiger partial charge in [0.15, 0.2) is 9.84 Å². The van der Waals surface area contributed by atoms with Crippen LogP contribution < -0.4 is 5.73 Å². The Morgan fingerprint density at radius 2 is 1.83 bits per heavy atom. The third kappa shape index (κ3) is 3.83. The normalized spacial score (nSPS) is 12.2. The van der Waals surface area contributed by atoms with Gasteiger partial charge >= 0.3 is 5.97 Å². The average molecular weight is 373 g/mol. The number of rotatable bonds is 5. The van der Waals surface area contributed by atoms with Gasteiger partial charge in [-0.2, -0.15) is 8.42 Å². The number of nitrogen functional groups attached to an aromatic ring is 1. The number of esters is 1. The van der Waals surface area contributed by atoms with Crippen LogP contribution in [0.1, 0.15) is 6.92 Å². The first kappa shape index (κ1) is 18.2. The van der Waals surface area contributed by atoms with E-state index in [9.17, 15) is 26.2 Å². The van der Waals surface area contributed by atoms with Crippen LogP contribution in [0.5, 0.6) is 0 Å². The van der Waals surface area contributed by atoms with Gasteiger partial charge in [-0.1, -0.05) is 12.1 Å². The van der Waals surface area contributed by atoms with E-state index in [-0.39, 0.29) is 28.0 Å². The Balaban J connectivity index is 2.50. The van der Waals surface area contributed by atoms with E-state index < -0.39 is 36.6 Å². The minimum Gasteiger partial charge on any atom is -0.465 e. The summed E-state index contributed by atoms with van der Waals surface area (Å²) in [6.45, 7) is 0.887. The van der Waals surface area contributed by atoms with Crippen LogP contribution in [0.3, 0.4) is 0 Å². The lowest BCUT2D eigenvalue weighted by Crippen LogP contribution is -2.14. The van der Waals surface area contributed by atoms with Crippen molar-refractivity contribution in [3.63, 3.8) is 0 Å². The van der Waals surface area contributed by atoms with Gasteiger partial charge in [0.2, 0.25) is 0 Å². The van der Waals surface area contributed by atoms with Crippen LogP contribution in [-0.4, -0.2) is 39.7 Å². The van der Waals surface area contributed by atoms with Crippen molar-refractivity contribution in [3.8, 4) is 0 Å². The second kappa shape index (κ2) is 6.38. The Hall–Kier alpha value is -2.17. The van der Waals surface area contributed by atoms with Crippen molar-refractivity contribution < 1.29 is 30.9 Å². The molecule has 0 bridgehead atoms. The Kier molecular flexibility index (Phi) is 4.83. The van der Waals surface area contributed by atoms with Crippen molar-refractivity contribution in [1.29, 1.82) is 0 Å². The molecule has 130 valence electrons. The molecule has 2 aromatic rings. The monoisotopic (exact) mass is 373 g/mol. The number of sulfone groups is 1. The molecule has 0 aromatic heterocycles. The van der Waals surface area contributed by atoms with E-state index in [1.807, 2.05) is 0 Å². The van der Waals surface area contributed by atoms with Crippen LogP contribution in [0.4, 0.5) is 5.69 Å². The maximum Gasteiger partial charge on any atom is 0.302 e. The molecule has 0 fully saturated rings. The van der Waals surface area contributed by atoms with E-state index in [2.05, 4.69) is 4.74 Å². The number of fused-ring (bicyclic) bond motifs is 1. The van der Waals surface area contributed by atoms with Crippen LogP contribution in [0, 0.1) is 0 Å². The zero-order valence-electron chi connectivity index (χ0n) is 12.6. The third-order valence-electron chi connectivity index (χ3n) is 3.25. The summed E-state index contributed by atoms with van der Waals surface area (Å²) < 4.78 is 61.3. The molecule has 2 rings (SSSR count). The summed E-state index contributed by atoms with van der Waals surface area (Å²) in [5.41, 5.74) is 5.44. The lowest BCUT2D eigenvalue weighted by atomic mass is 10.1. The first-order valence-electron chi connectivity index (χ1n) is 6.68. The van der Waals surface area contributed by atoms with Gasteiger partial charge < -0.3 is 10.5 Å². The van der Waals surface area contributed by atoms with E-state index >= 15 is 0 Å². The van der Waals surface area contributed by atoms with Gasteiger partial charge in [-0.15, -0.1) is 0 Å². The molecule has 2 aromatic carbocycles. The van der Waals surface area contributed by atoms with Crippen molar-refractivity contribution in [2.75, 3.05) is 18.1 Å². The maximum absolute atomic E-state index is 12.2. The number of carbonyl (C=O) groups is 1. The number of carbonyl (C=O) groups excluding carboxylic acids is 1. The van der Waals surface area contributed by atoms with Crippen molar-refractivity contribution in [2.45, 2.75) is 16.7 Å². The van der Waals surface area contributed by atoms with Crippen LogP contribution in [0.2, 0.25) is 0 Å². The Morgan fingerprint density at radius 3 is 2.42 bits per heavy atom. The van der Waals surface area contributed by atoms with Crippen molar-refractivity contribution in [1.82, 2.24) is 0 Å². The van der Waals surface area contributed by atoms with Gasteiger partial charge in [0.25, 0.3) is 10.1 Å². The smallest absolute Gasteiger partial charge is 0.302 e. The highest BCUT2D eigenvalue weighted by Gasteiger charge is 2.20. The number of benzene rings is 2. The van der Waals surface area contributed by atoms with Crippen LogP contribution >= 0.6 is 0 Å². The first-order chi connectivity index (χ1) is 11.0. The summed E-state index contributed by atoms with van der Waals surface area (Å²) in [7, 11) is -8.29. The molecule has 8 nitrogen and oxygen atoms in total. The molecule has 0 radical (unpaired) electrons. The highest BCUT2D eigenvalue weighted by Crippen LogP contribution is 2.30. The third-order valence-corrected chi connectivity index (χ3v) is 5.89. The predicted molar refractivity (Wildman–Crippen MR) is 86.9 cm³/mol. The van der Waals surface area contributed by atoms with E-state index in [0.29, 0.717) is 0 Å². The predicted octanol–water partition coefficient (Wildman–Crippen LogP) is 1.01. The van der Waals surface area contributed by atoms with Gasteiger partial charge in [0.05, 0.1) is 16.3 Å². The molecule has 0 aliphatic heterocycles. The summed E-state index contributed by atoms with van der Waals surface area (Å²) in [4.78, 5) is 10.2. The molecule has 3 N–H and O–H groups in total. The van der Waals surface area contributed by atoms with E-state index in [4.69, 9.17) is 5.73 Å². The number of hydrogen-bond acceptors (Lipinski definition) is 7. The minimum absolute atomic E-state index is 0.0618. The molecule has 0 heterocycles. The van der Waals surface area contributed by atoms with E-state index in [1.54, 1.807) is 0 Å². The molecule has 24 heavy (non-hydrogen) atoms. The van der Waals surface area contributed by atoms with Crippen molar-refractivity contribution in [3.05, 3.63) is 30.3 Å². The van der Waals surface area contributed by atoms with Gasteiger partial charge in [-0.3, -0.25) is 9.35 Å². The number of anilines is 1. The van der Waals surface area contributed by atoms with Crippen LogP contribution in [0.15, 0.2) is 40.1 Å². The van der Waals surface area contributed by atoms with Gasteiger partial charge in [-0.05, 0) is 23.6 Å². The lowest BCUT2D eigenvalue weighted by molar-refractivity contribution is -0.140. The Bertz CT molecular complexity index is 1010. The molecule has 0 saturated carbocycles. The van der Waals surface area contributed by atoms with Crippen molar-refractivity contribution >= 4 is 42.4 Å². The number of nitrogens with two attached hydrogens (primary N) is 1. The molecular weight excluding hydrogens is 358 g/mol. The fourth-order valence-electron chi connectivity index (χ4n) is 2.19. The Morgan fingerprint density at radius 1 is 1.17 bits per heavy atom. The minimum atomic E-state index is -4.56. The van der Waals surface area contributed by atoms with Crippen LogP contribution in [-0.2, 0) is 29.5 Å². The first-order valence-corrected chi connectivity index (χ1v) is 9.77. The lowest BCUT2D eigenvalue weighted by Gasteiger charge is -2.10. The highest BCUT2D eigenvalue weighted by molar-refractivity contribution is 7.91. The van der Waals surface area contributed by atoms with E-state index in [1.165, 1.54) is 37.3 Å². The summed E-state index contributed by atoms with van der Waals surface area (Å²) in [6, 6.07) is 6.45. The number of ether oxygens (including phenoxy) is 1. The fourth-order valence-corrected chi connectivity index (χ4v) is 4.14. The van der Waals surface area contributed by atoms with Crippen molar-refractivity contribution in [2.24, 2.45) is 0 Å². The molecule has 10 heteroatoms. The van der Waals surface area contributed by atoms with Crippen LogP contribution in [0.25, 0.3) is 10.8 Å². The summed E-state index contributed by atoms with van der Waals surface area (Å²) in [5, 5.41) is 0.391. The molecule has 0 spiro atoms. The second-order valence-electron chi connectivity index (χ2n) is 5.00. The second-order valence-corrected chi connectivity index (χ2v) is 8.47. The molecule has 0 unspecified atom stereocenters. The quantitative estimate of drug-likeness (QED) is 0.449. The highest BCUT2D eigenvalue weighted by atomic mass is 32.2. The Labute approximate surface area is 138 Å². The molecule has 0 saturated heterocycles. The average Bonchev–Trinajstić information content (AvgIpc) is 2.44. The molecule has 0 amide bonds. The number of hydrogen-bond donors (Lipinski definition) is 2. The zero-order chi connectivity index (χ0) is 18.1. The zero-order valence-corrected chi connectivity index (χ0v) is 14.2. The van der Waals surface area contributed by atoms with Gasteiger partial charge in [0.1, 0.15) is 11.5 Å².